The van der Waals surface area contributed by atoms with Gasteiger partial charge in [-0.05, 0) is 0 Å². The number of hydrogen-bond acceptors (Lipinski definition) is 8. The van der Waals surface area contributed by atoms with Gasteiger partial charge in [0.15, 0.2) is 0 Å². The average molecular weight is 767 g/mol. The van der Waals surface area contributed by atoms with Gasteiger partial charge in [-0.15, -0.1) is 0 Å². The maximum atomic E-state index is 14.0. The van der Waals surface area contributed by atoms with Crippen LogP contribution in [0.4, 0.5) is 10.2 Å². The van der Waals surface area contributed by atoms with Crippen LogP contribution in [-0.2, 0) is 16.1 Å². The fourth-order valence-corrected chi connectivity index (χ4v) is 9.17. The zero-order valence-electron chi connectivity index (χ0n) is 23.9. The Morgan fingerprint density at radius 2 is 2.12 bits per heavy atom. The molecule has 4 heterocycles. The van der Waals surface area contributed by atoms with Crippen LogP contribution in [0, 0.1) is 6.92 Å². The molecule has 0 bridgehead atoms. The first-order valence-electron chi connectivity index (χ1n) is 13.5. The summed E-state index contributed by atoms with van der Waals surface area (Å²) >= 11 is 2.99. The molecule has 2 saturated heterocycles. The summed E-state index contributed by atoms with van der Waals surface area (Å²) in [7, 11) is 1.57. The Balaban J connectivity index is 1.53. The van der Waals surface area contributed by atoms with Crippen LogP contribution < -0.4 is 32.3 Å². The molecule has 2 aromatic heterocycles. The second-order valence-electron chi connectivity index (χ2n) is 10.7. The second kappa shape index (κ2) is 12.0. The van der Waals surface area contributed by atoms with Gasteiger partial charge in [-0.1, -0.05) is 0 Å². The zero-order chi connectivity index (χ0) is 31.2. The van der Waals surface area contributed by atoms with Gasteiger partial charge >= 0.3 is 260 Å². The van der Waals surface area contributed by atoms with Crippen molar-refractivity contribution in [2.45, 2.75) is 53.4 Å². The molecule has 43 heavy (non-hydrogen) atoms. The number of allylic oxidation sites excluding steroid dienone is 1. The van der Waals surface area contributed by atoms with E-state index in [1.165, 1.54) is 24.0 Å². The molecule has 2 amide bonds. The molecule has 3 aromatic rings. The molecule has 2 fully saturated rings. The first kappa shape index (κ1) is 31.2. The summed E-state index contributed by atoms with van der Waals surface area (Å²) in [5.74, 6) is -0.635. The van der Waals surface area contributed by atoms with Gasteiger partial charge in [0.1, 0.15) is 0 Å². The van der Waals surface area contributed by atoms with Gasteiger partial charge in [0.05, 0.1) is 0 Å². The van der Waals surface area contributed by atoms with Gasteiger partial charge in [0.2, 0.25) is 0 Å². The van der Waals surface area contributed by atoms with Crippen molar-refractivity contribution < 1.29 is 45.1 Å². The van der Waals surface area contributed by atoms with Crippen molar-refractivity contribution in [2.75, 3.05) is 19.0 Å². The topological polar surface area (TPSA) is 156 Å². The molecular weight excluding hydrogens is 736 g/mol. The molecule has 11 nitrogen and oxygen atoms in total. The van der Waals surface area contributed by atoms with E-state index in [9.17, 15) is 23.9 Å². The van der Waals surface area contributed by atoms with Gasteiger partial charge < -0.3 is 0 Å². The number of carbonyl (C=O) groups is 3. The Morgan fingerprint density at radius 3 is 2.77 bits per heavy atom. The van der Waals surface area contributed by atoms with E-state index in [4.69, 9.17) is 5.73 Å². The van der Waals surface area contributed by atoms with E-state index in [-0.39, 0.29) is 69.6 Å². The third-order valence-electron chi connectivity index (χ3n) is 7.65. The molecule has 0 saturated carbocycles. The number of benzene rings is 1. The van der Waals surface area contributed by atoms with E-state index in [1.807, 2.05) is 13.0 Å². The predicted octanol–water partition coefficient (Wildman–Crippen LogP) is 0.135. The van der Waals surface area contributed by atoms with Crippen molar-refractivity contribution in [1.82, 2.24) is 19.7 Å². The number of halogens is 3. The standard InChI is InChI=1S/C29H31BrFIN7O4/c1-14-5-6-22(30)35-26(14)36-27(43)20-9-29(3)28(32-29)39(20)23(42)13-38-25-18(21(41)10-31)7-16(17(11-33)12-34-4)8-19(25)24(37-38)15(2)40/h5-8,11-12,20-21,28,41H,9-10,13,33H2,1-4H3,(H,35,36,43)/q-1/b17-11+,34-12?/t20-,21?,28-,29+/m0/s1. The Hall–Kier alpha value is -3.24. The minimum atomic E-state index is -1.55. The number of nitrogens with zero attached hydrogens (tertiary/aromatic N) is 5. The number of aromatic nitrogens is 3. The summed E-state index contributed by atoms with van der Waals surface area (Å²) in [5, 5.41) is 18.4. The summed E-state index contributed by atoms with van der Waals surface area (Å²) in [6, 6.07) is 6.13. The molecule has 4 N–H and O–H groups in total. The van der Waals surface area contributed by atoms with Gasteiger partial charge in [0.25, 0.3) is 0 Å². The fraction of sp³-hybridized carbons (Fsp3) is 0.379. The number of carbonyl (C=O) groups excluding carboxylic acids is 3. The summed E-state index contributed by atoms with van der Waals surface area (Å²) < 4.78 is 15.7. The summed E-state index contributed by atoms with van der Waals surface area (Å²) in [6.07, 6.45) is 1.82. The molecule has 1 unspecified atom stereocenters. The molecule has 2 aliphatic heterocycles. The van der Waals surface area contributed by atoms with Crippen LogP contribution in [0.3, 0.4) is 0 Å². The molecule has 0 aliphatic carbocycles. The van der Waals surface area contributed by atoms with Crippen molar-refractivity contribution in [3.05, 3.63) is 57.5 Å². The van der Waals surface area contributed by atoms with Crippen LogP contribution in [0.2, 0.25) is 0 Å². The molecule has 2 aliphatic rings. The number of aliphatic imine (C=N–C) groups is 1. The number of fused-ring (bicyclic) bond motifs is 2. The third kappa shape index (κ3) is 5.83. The number of nitrogens with two attached hydrogens (primary N) is 1. The quantitative estimate of drug-likeness (QED) is 0.0699. The number of alkyl halides is 3. The van der Waals surface area contributed by atoms with Crippen LogP contribution in [0.15, 0.2) is 40.1 Å². The first-order valence-corrected chi connectivity index (χ1v) is 16.6. The van der Waals surface area contributed by atoms with Crippen LogP contribution in [0.1, 0.15) is 53.6 Å². The van der Waals surface area contributed by atoms with E-state index < -0.39 is 18.8 Å². The monoisotopic (exact) mass is 766 g/mol. The number of ketones is 1. The fourth-order valence-electron chi connectivity index (χ4n) is 5.47. The molecule has 5 rings (SSSR count). The van der Waals surface area contributed by atoms with E-state index in [0.717, 1.165) is 5.56 Å². The van der Waals surface area contributed by atoms with Crippen LogP contribution >= 0.6 is 15.9 Å². The number of hydrogen-bond donors (Lipinski definition) is 3. The molecular formula is C29H31BrFIN7O4-. The predicted molar refractivity (Wildman–Crippen MR) is 160 cm³/mol. The Morgan fingerprint density at radius 1 is 1.37 bits per heavy atom. The number of likely N-dealkylation sites (tertiary alicyclic amines) is 1. The number of rotatable bonds is 9. The number of anilines is 1. The molecule has 0 radical (unpaired) electrons. The number of aliphatic hydroxyl groups is 1. The van der Waals surface area contributed by atoms with E-state index in [2.05, 4.69) is 43.2 Å². The summed E-state index contributed by atoms with van der Waals surface area (Å²) in [5.41, 5.74) is 8.06. The van der Waals surface area contributed by atoms with Crippen molar-refractivity contribution >= 4 is 62.0 Å². The third-order valence-corrected chi connectivity index (χ3v) is 12.4. The van der Waals surface area contributed by atoms with Crippen LogP contribution in [0.25, 0.3) is 16.5 Å². The molecule has 14 heteroatoms. The number of aliphatic hydroxyl groups excluding tert-OH is 1. The molecule has 0 spiro atoms. The van der Waals surface area contributed by atoms with Gasteiger partial charge in [-0.3, -0.25) is 0 Å². The van der Waals surface area contributed by atoms with Crippen molar-refractivity contribution in [3.63, 3.8) is 0 Å². The van der Waals surface area contributed by atoms with Crippen molar-refractivity contribution in [3.8, 4) is 0 Å². The minimum absolute atomic E-state index is 0.0201. The number of amides is 2. The first-order chi connectivity index (χ1) is 20.4. The number of Topliss-reactive ketones (excluding diaryl/α,β-unsaturated/α-hetero) is 1. The van der Waals surface area contributed by atoms with Crippen molar-refractivity contribution in [1.29, 1.82) is 0 Å². The second-order valence-corrected chi connectivity index (χ2v) is 15.8. The molecule has 228 valence electrons. The van der Waals surface area contributed by atoms with Crippen molar-refractivity contribution in [2.24, 2.45) is 10.7 Å². The Labute approximate surface area is 266 Å². The zero-order valence-corrected chi connectivity index (χ0v) is 27.7. The Bertz CT molecular complexity index is 1710. The van der Waals surface area contributed by atoms with Crippen LogP contribution in [-0.4, -0.2) is 75.8 Å². The number of nitrogens with one attached hydrogen (secondary N) is 1. The average Bonchev–Trinajstić information content (AvgIpc) is 3.33. The molecule has 1 aromatic carbocycles. The van der Waals surface area contributed by atoms with Crippen LogP contribution in [0.5, 0.6) is 0 Å². The molecule has 4 atom stereocenters. The van der Waals surface area contributed by atoms with Gasteiger partial charge in [-0.2, -0.15) is 0 Å². The number of pyridine rings is 1. The Kier molecular flexibility index (Phi) is 8.73. The maximum absolute atomic E-state index is 14.0. The van der Waals surface area contributed by atoms with E-state index in [1.54, 1.807) is 30.1 Å². The van der Waals surface area contributed by atoms with Gasteiger partial charge in [-0.25, -0.2) is 0 Å². The SMILES string of the molecule is CN=C/C(=C\N)c1cc(C(O)CF)c2c(c1)c(C(C)=O)nn2CC(=O)N1[C@H](C(=O)Nc2nc(Br)ccc2C)C[C@@]2(C)[I-][C@@H]12. The van der Waals surface area contributed by atoms with E-state index in [0.29, 0.717) is 33.4 Å². The summed E-state index contributed by atoms with van der Waals surface area (Å²) in [4.78, 5) is 50.2. The summed E-state index contributed by atoms with van der Waals surface area (Å²) in [6.45, 7) is 3.87. The number of aryl methyl sites for hydroxylation is 1. The normalized spacial score (nSPS) is 22.4. The van der Waals surface area contributed by atoms with Gasteiger partial charge in [0, 0.05) is 7.05 Å². The van der Waals surface area contributed by atoms with E-state index >= 15 is 0 Å².